The van der Waals surface area contributed by atoms with Crippen LogP contribution in [0.15, 0.2) is 18.2 Å². The first-order valence-electron chi connectivity index (χ1n) is 8.45. The van der Waals surface area contributed by atoms with E-state index in [0.29, 0.717) is 18.8 Å². The summed E-state index contributed by atoms with van der Waals surface area (Å²) < 4.78 is 31.1. The molecule has 25 heavy (non-hydrogen) atoms. The molecule has 1 aromatic rings. The van der Waals surface area contributed by atoms with Gasteiger partial charge in [0.1, 0.15) is 6.54 Å². The van der Waals surface area contributed by atoms with Crippen LogP contribution in [0.4, 0.5) is 5.69 Å². The maximum absolute atomic E-state index is 12.5. The first-order chi connectivity index (χ1) is 11.6. The van der Waals surface area contributed by atoms with Crippen LogP contribution in [0, 0.1) is 0 Å². The van der Waals surface area contributed by atoms with Gasteiger partial charge in [0.05, 0.1) is 18.6 Å². The summed E-state index contributed by atoms with van der Waals surface area (Å²) in [6, 6.07) is 5.78. The van der Waals surface area contributed by atoms with Crippen molar-refractivity contribution < 1.29 is 17.9 Å². The number of sulfonamides is 1. The van der Waals surface area contributed by atoms with E-state index in [9.17, 15) is 13.2 Å². The highest BCUT2D eigenvalue weighted by Crippen LogP contribution is 2.36. The Morgan fingerprint density at radius 2 is 1.68 bits per heavy atom. The first kappa shape index (κ1) is 21.4. The number of hydrogen-bond acceptors (Lipinski definition) is 4. The molecule has 0 heterocycles. The lowest BCUT2D eigenvalue weighted by atomic mass is 9.92. The summed E-state index contributed by atoms with van der Waals surface area (Å²) in [6.45, 7) is 8.54. The fourth-order valence-corrected chi connectivity index (χ4v) is 3.53. The zero-order valence-corrected chi connectivity index (χ0v) is 16.8. The number of hydrogen-bond donors (Lipinski definition) is 1. The van der Waals surface area contributed by atoms with Gasteiger partial charge >= 0.3 is 0 Å². The van der Waals surface area contributed by atoms with Crippen molar-refractivity contribution in [3.8, 4) is 0 Å². The van der Waals surface area contributed by atoms with Crippen LogP contribution in [0.25, 0.3) is 0 Å². The normalized spacial score (nSPS) is 11.8. The molecule has 0 unspecified atom stereocenters. The van der Waals surface area contributed by atoms with E-state index in [0.717, 1.165) is 17.4 Å². The van der Waals surface area contributed by atoms with E-state index in [1.54, 1.807) is 7.11 Å². The van der Waals surface area contributed by atoms with Crippen LogP contribution < -0.4 is 9.62 Å². The van der Waals surface area contributed by atoms with Gasteiger partial charge in [0.2, 0.25) is 15.9 Å². The summed E-state index contributed by atoms with van der Waals surface area (Å²) >= 11 is 0. The van der Waals surface area contributed by atoms with Crippen LogP contribution >= 0.6 is 0 Å². The van der Waals surface area contributed by atoms with Crippen LogP contribution in [0.3, 0.4) is 0 Å². The monoisotopic (exact) mass is 370 g/mol. The van der Waals surface area contributed by atoms with Gasteiger partial charge in [-0.25, -0.2) is 8.42 Å². The molecule has 0 saturated heterocycles. The molecule has 0 bridgehead atoms. The number of methoxy groups -OCH3 is 1. The number of ether oxygens (including phenoxy) is 1. The number of nitrogens with one attached hydrogen (secondary N) is 1. The van der Waals surface area contributed by atoms with E-state index in [1.807, 2.05) is 45.9 Å². The number of carbonyl (C=O) groups is 1. The molecular formula is C18H30N2O4S. The van der Waals surface area contributed by atoms with E-state index in [-0.39, 0.29) is 24.3 Å². The summed E-state index contributed by atoms with van der Waals surface area (Å²) in [6.07, 6.45) is 1.14. The highest BCUT2D eigenvalue weighted by Gasteiger charge is 2.27. The number of para-hydroxylation sites is 1. The molecule has 0 fully saturated rings. The van der Waals surface area contributed by atoms with Gasteiger partial charge in [-0.15, -0.1) is 0 Å². The van der Waals surface area contributed by atoms with Crippen LogP contribution in [0.2, 0.25) is 0 Å². The zero-order chi connectivity index (χ0) is 19.2. The third kappa shape index (κ3) is 6.01. The maximum atomic E-state index is 12.5. The van der Waals surface area contributed by atoms with Crippen molar-refractivity contribution in [1.29, 1.82) is 0 Å². The largest absolute Gasteiger partial charge is 0.383 e. The lowest BCUT2D eigenvalue weighted by Crippen LogP contribution is -2.42. The van der Waals surface area contributed by atoms with Gasteiger partial charge in [-0.2, -0.15) is 0 Å². The first-order valence-corrected chi connectivity index (χ1v) is 10.3. The number of anilines is 1. The SMILES string of the molecule is COCCNC(=O)CN(c1c(C(C)C)cccc1C(C)C)S(C)(=O)=O. The van der Waals surface area contributed by atoms with E-state index in [2.05, 4.69) is 5.32 Å². The van der Waals surface area contributed by atoms with Crippen LogP contribution in [-0.4, -0.2) is 47.4 Å². The molecule has 0 aliphatic carbocycles. The molecule has 6 nitrogen and oxygen atoms in total. The molecule has 1 N–H and O–H groups in total. The lowest BCUT2D eigenvalue weighted by molar-refractivity contribution is -0.119. The second-order valence-electron chi connectivity index (χ2n) is 6.71. The maximum Gasteiger partial charge on any atom is 0.240 e. The number of amides is 1. The predicted octanol–water partition coefficient (Wildman–Crippen LogP) is 2.46. The number of rotatable bonds is 9. The van der Waals surface area contributed by atoms with E-state index in [1.165, 1.54) is 4.31 Å². The summed E-state index contributed by atoms with van der Waals surface area (Å²) in [5.41, 5.74) is 2.46. The van der Waals surface area contributed by atoms with Crippen LogP contribution in [0.1, 0.15) is 50.7 Å². The minimum Gasteiger partial charge on any atom is -0.383 e. The molecule has 0 saturated carbocycles. The molecule has 0 atom stereocenters. The van der Waals surface area contributed by atoms with Crippen LogP contribution in [-0.2, 0) is 19.6 Å². The summed E-state index contributed by atoms with van der Waals surface area (Å²) in [7, 11) is -2.07. The molecule has 1 amide bonds. The van der Waals surface area contributed by atoms with Crippen molar-refractivity contribution >= 4 is 21.6 Å². The summed E-state index contributed by atoms with van der Waals surface area (Å²) in [5, 5.41) is 2.68. The van der Waals surface area contributed by atoms with Crippen molar-refractivity contribution in [3.05, 3.63) is 29.3 Å². The lowest BCUT2D eigenvalue weighted by Gasteiger charge is -2.29. The van der Waals surface area contributed by atoms with Gasteiger partial charge in [-0.3, -0.25) is 9.10 Å². The molecule has 0 aromatic heterocycles. The Kier molecular flexibility index (Phi) is 7.89. The molecule has 1 rings (SSSR count). The average molecular weight is 371 g/mol. The Morgan fingerprint density at radius 3 is 2.08 bits per heavy atom. The summed E-state index contributed by atoms with van der Waals surface area (Å²) in [4.78, 5) is 12.2. The second-order valence-corrected chi connectivity index (χ2v) is 8.61. The second kappa shape index (κ2) is 9.20. The molecular weight excluding hydrogens is 340 g/mol. The molecule has 0 aliphatic rings. The summed E-state index contributed by atoms with van der Waals surface area (Å²) in [5.74, 6) is -0.0836. The third-order valence-corrected chi connectivity index (χ3v) is 5.02. The Balaban J connectivity index is 3.35. The molecule has 0 spiro atoms. The molecule has 0 aliphatic heterocycles. The van der Waals surface area contributed by atoms with Gasteiger partial charge in [0, 0.05) is 13.7 Å². The Hall–Kier alpha value is -1.60. The Bertz CT molecular complexity index is 658. The van der Waals surface area contributed by atoms with E-state index < -0.39 is 10.0 Å². The highest BCUT2D eigenvalue weighted by molar-refractivity contribution is 7.92. The van der Waals surface area contributed by atoms with Crippen molar-refractivity contribution in [2.45, 2.75) is 39.5 Å². The average Bonchev–Trinajstić information content (AvgIpc) is 2.51. The molecule has 0 radical (unpaired) electrons. The minimum atomic E-state index is -3.61. The fraction of sp³-hybridized carbons (Fsp3) is 0.611. The van der Waals surface area contributed by atoms with E-state index >= 15 is 0 Å². The Morgan fingerprint density at radius 1 is 1.16 bits per heavy atom. The van der Waals surface area contributed by atoms with Crippen molar-refractivity contribution in [2.24, 2.45) is 0 Å². The number of benzene rings is 1. The number of nitrogens with zero attached hydrogens (tertiary/aromatic N) is 1. The van der Waals surface area contributed by atoms with E-state index in [4.69, 9.17) is 4.74 Å². The van der Waals surface area contributed by atoms with Gasteiger partial charge in [0.25, 0.3) is 0 Å². The minimum absolute atomic E-state index is 0.134. The third-order valence-electron chi connectivity index (χ3n) is 3.91. The topological polar surface area (TPSA) is 75.7 Å². The molecule has 142 valence electrons. The quantitative estimate of drug-likeness (QED) is 0.678. The molecule has 1 aromatic carbocycles. The molecule has 7 heteroatoms. The van der Waals surface area contributed by atoms with Gasteiger partial charge in [0.15, 0.2) is 0 Å². The van der Waals surface area contributed by atoms with Gasteiger partial charge in [-0.05, 0) is 23.0 Å². The highest BCUT2D eigenvalue weighted by atomic mass is 32.2. The van der Waals surface area contributed by atoms with Gasteiger partial charge in [-0.1, -0.05) is 45.9 Å². The van der Waals surface area contributed by atoms with Crippen molar-refractivity contribution in [3.63, 3.8) is 0 Å². The fourth-order valence-electron chi connectivity index (χ4n) is 2.64. The Labute approximate surface area is 151 Å². The van der Waals surface area contributed by atoms with Crippen molar-refractivity contribution in [1.82, 2.24) is 5.32 Å². The smallest absolute Gasteiger partial charge is 0.240 e. The van der Waals surface area contributed by atoms with Gasteiger partial charge < -0.3 is 10.1 Å². The number of carbonyl (C=O) groups excluding carboxylic acids is 1. The van der Waals surface area contributed by atoms with Crippen molar-refractivity contribution in [2.75, 3.05) is 37.4 Å². The standard InChI is InChI=1S/C18H30N2O4S/c1-13(2)15-8-7-9-16(14(3)4)18(15)20(25(6,22)23)12-17(21)19-10-11-24-5/h7-9,13-14H,10-12H2,1-6H3,(H,19,21). The zero-order valence-electron chi connectivity index (χ0n) is 16.0. The predicted molar refractivity (Wildman–Crippen MR) is 102 cm³/mol. The van der Waals surface area contributed by atoms with Crippen LogP contribution in [0.5, 0.6) is 0 Å².